The number of halogens is 1. The normalized spacial score (nSPS) is 19.3. The van der Waals surface area contributed by atoms with E-state index in [0.29, 0.717) is 18.7 Å². The van der Waals surface area contributed by atoms with E-state index in [1.807, 2.05) is 0 Å². The molecule has 0 atom stereocenters. The van der Waals surface area contributed by atoms with Crippen molar-refractivity contribution < 1.29 is 13.2 Å². The average Bonchev–Trinajstić information content (AvgIpc) is 2.93. The molecular weight excluding hydrogens is 362 g/mol. The first-order valence-corrected chi connectivity index (χ1v) is 10.2. The molecule has 1 saturated carbocycles. The van der Waals surface area contributed by atoms with Gasteiger partial charge in [-0.2, -0.15) is 0 Å². The number of rotatable bonds is 4. The van der Waals surface area contributed by atoms with Crippen LogP contribution in [0.25, 0.3) is 0 Å². The lowest BCUT2D eigenvalue weighted by molar-refractivity contribution is 0.0766. The fourth-order valence-electron chi connectivity index (χ4n) is 3.36. The van der Waals surface area contributed by atoms with Gasteiger partial charge in [0.05, 0.1) is 4.90 Å². The molecule has 0 bridgehead atoms. The number of hydrogen-bond donors (Lipinski definition) is 2. The molecule has 1 aromatic carbocycles. The summed E-state index contributed by atoms with van der Waals surface area (Å²) >= 11 is 0. The minimum atomic E-state index is -3.57. The van der Waals surface area contributed by atoms with Crippen LogP contribution in [0, 0.1) is 0 Å². The zero-order valence-electron chi connectivity index (χ0n) is 14.2. The van der Waals surface area contributed by atoms with Crippen LogP contribution in [0.1, 0.15) is 42.5 Å². The van der Waals surface area contributed by atoms with E-state index in [0.717, 1.165) is 45.2 Å². The molecule has 8 heteroatoms. The zero-order valence-corrected chi connectivity index (χ0v) is 15.9. The first kappa shape index (κ1) is 20.2. The van der Waals surface area contributed by atoms with Crippen molar-refractivity contribution in [1.29, 1.82) is 0 Å². The Bertz CT molecular complexity index is 682. The minimum absolute atomic E-state index is 0. The van der Waals surface area contributed by atoms with Gasteiger partial charge in [0.15, 0.2) is 0 Å². The van der Waals surface area contributed by atoms with Gasteiger partial charge >= 0.3 is 0 Å². The van der Waals surface area contributed by atoms with Crippen LogP contribution < -0.4 is 10.0 Å². The van der Waals surface area contributed by atoms with Crippen molar-refractivity contribution in [2.75, 3.05) is 26.2 Å². The van der Waals surface area contributed by atoms with E-state index in [-0.39, 0.29) is 29.3 Å². The second-order valence-corrected chi connectivity index (χ2v) is 8.24. The Morgan fingerprint density at radius 1 is 1.12 bits per heavy atom. The van der Waals surface area contributed by atoms with E-state index in [9.17, 15) is 13.2 Å². The fraction of sp³-hybridized carbons (Fsp3) is 0.588. The van der Waals surface area contributed by atoms with Crippen LogP contribution in [0.15, 0.2) is 29.2 Å². The molecule has 3 rings (SSSR count). The summed E-state index contributed by atoms with van der Waals surface area (Å²) in [6, 6.07) is 6.41. The third-order valence-corrected chi connectivity index (χ3v) is 6.21. The molecule has 0 spiro atoms. The van der Waals surface area contributed by atoms with Crippen molar-refractivity contribution in [3.63, 3.8) is 0 Å². The number of nitrogens with zero attached hydrogens (tertiary/aromatic N) is 1. The fourth-order valence-corrected chi connectivity index (χ4v) is 4.71. The van der Waals surface area contributed by atoms with Gasteiger partial charge in [0.1, 0.15) is 0 Å². The van der Waals surface area contributed by atoms with E-state index >= 15 is 0 Å². The molecule has 25 heavy (non-hydrogen) atoms. The van der Waals surface area contributed by atoms with Gasteiger partial charge in [0, 0.05) is 31.2 Å². The van der Waals surface area contributed by atoms with Crippen molar-refractivity contribution in [3.05, 3.63) is 29.8 Å². The lowest BCUT2D eigenvalue weighted by Crippen LogP contribution is -2.35. The predicted octanol–water partition coefficient (Wildman–Crippen LogP) is 1.76. The zero-order chi connectivity index (χ0) is 17.0. The molecule has 1 heterocycles. The summed E-state index contributed by atoms with van der Waals surface area (Å²) in [5.41, 5.74) is 0.436. The van der Waals surface area contributed by atoms with Gasteiger partial charge in [-0.3, -0.25) is 4.79 Å². The molecule has 140 valence electrons. The number of amides is 1. The number of hydrogen-bond acceptors (Lipinski definition) is 4. The second kappa shape index (κ2) is 8.98. The highest BCUT2D eigenvalue weighted by molar-refractivity contribution is 7.89. The quantitative estimate of drug-likeness (QED) is 0.825. The van der Waals surface area contributed by atoms with E-state index in [1.165, 1.54) is 6.07 Å². The summed E-state index contributed by atoms with van der Waals surface area (Å²) in [7, 11) is -3.57. The molecule has 2 fully saturated rings. The van der Waals surface area contributed by atoms with Gasteiger partial charge in [0.25, 0.3) is 5.91 Å². The SMILES string of the molecule is Cl.O=C(c1cccc(S(=O)(=O)NC2CCCC2)c1)N1CCCNCC1. The Kier molecular flexibility index (Phi) is 7.25. The topological polar surface area (TPSA) is 78.5 Å². The first-order valence-electron chi connectivity index (χ1n) is 8.69. The van der Waals surface area contributed by atoms with Gasteiger partial charge in [-0.1, -0.05) is 18.9 Å². The standard InChI is InChI=1S/C17H25N3O3S.ClH/c21-17(20-11-4-9-18-10-12-20)14-5-3-8-16(13-14)24(22,23)19-15-6-1-2-7-15;/h3,5,8,13,15,18-19H,1-2,4,6-7,9-12H2;1H. The van der Waals surface area contributed by atoms with Crippen LogP contribution in [-0.4, -0.2) is 51.4 Å². The van der Waals surface area contributed by atoms with Gasteiger partial charge in [0.2, 0.25) is 10.0 Å². The summed E-state index contributed by atoms with van der Waals surface area (Å²) < 4.78 is 27.9. The summed E-state index contributed by atoms with van der Waals surface area (Å²) in [5.74, 6) is -0.100. The highest BCUT2D eigenvalue weighted by Crippen LogP contribution is 2.21. The largest absolute Gasteiger partial charge is 0.337 e. The number of sulfonamides is 1. The molecule has 2 N–H and O–H groups in total. The van der Waals surface area contributed by atoms with Crippen LogP contribution in [0.2, 0.25) is 0 Å². The number of carbonyl (C=O) groups is 1. The molecule has 1 aliphatic heterocycles. The van der Waals surface area contributed by atoms with Gasteiger partial charge in [-0.15, -0.1) is 12.4 Å². The van der Waals surface area contributed by atoms with Gasteiger partial charge < -0.3 is 10.2 Å². The Hall–Kier alpha value is -1.15. The summed E-state index contributed by atoms with van der Waals surface area (Å²) in [6.07, 6.45) is 4.81. The Morgan fingerprint density at radius 3 is 2.64 bits per heavy atom. The van der Waals surface area contributed by atoms with Crippen LogP contribution >= 0.6 is 12.4 Å². The molecule has 6 nitrogen and oxygen atoms in total. The molecule has 0 unspecified atom stereocenters. The van der Waals surface area contributed by atoms with Crippen molar-refractivity contribution in [3.8, 4) is 0 Å². The number of carbonyl (C=O) groups excluding carboxylic acids is 1. The number of nitrogens with one attached hydrogen (secondary N) is 2. The van der Waals surface area contributed by atoms with Crippen molar-refractivity contribution in [2.45, 2.75) is 43.0 Å². The number of benzene rings is 1. The first-order chi connectivity index (χ1) is 11.6. The third-order valence-electron chi connectivity index (χ3n) is 4.70. The summed E-state index contributed by atoms with van der Waals surface area (Å²) in [4.78, 5) is 14.6. The van der Waals surface area contributed by atoms with Crippen LogP contribution in [0.3, 0.4) is 0 Å². The molecule has 1 aromatic rings. The summed E-state index contributed by atoms with van der Waals surface area (Å²) in [6.45, 7) is 3.02. The van der Waals surface area contributed by atoms with E-state index in [1.54, 1.807) is 23.1 Å². The maximum Gasteiger partial charge on any atom is 0.253 e. The van der Waals surface area contributed by atoms with E-state index < -0.39 is 10.0 Å². The van der Waals surface area contributed by atoms with Crippen LogP contribution in [0.4, 0.5) is 0 Å². The van der Waals surface area contributed by atoms with Crippen molar-refractivity contribution in [1.82, 2.24) is 14.9 Å². The molecule has 0 aromatic heterocycles. The van der Waals surface area contributed by atoms with E-state index in [4.69, 9.17) is 0 Å². The monoisotopic (exact) mass is 387 g/mol. The van der Waals surface area contributed by atoms with Gasteiger partial charge in [-0.25, -0.2) is 13.1 Å². The third kappa shape index (κ3) is 5.17. The highest BCUT2D eigenvalue weighted by Gasteiger charge is 2.24. The predicted molar refractivity (Wildman–Crippen MR) is 99.7 cm³/mol. The van der Waals surface area contributed by atoms with Crippen LogP contribution in [0.5, 0.6) is 0 Å². The molecule has 2 aliphatic rings. The molecule has 1 amide bonds. The average molecular weight is 388 g/mol. The highest BCUT2D eigenvalue weighted by atomic mass is 35.5. The van der Waals surface area contributed by atoms with Crippen molar-refractivity contribution in [2.24, 2.45) is 0 Å². The Labute approximate surface area is 155 Å². The van der Waals surface area contributed by atoms with Crippen molar-refractivity contribution >= 4 is 28.3 Å². The molecule has 1 aliphatic carbocycles. The smallest absolute Gasteiger partial charge is 0.253 e. The molecule has 1 saturated heterocycles. The van der Waals surface area contributed by atoms with Crippen LogP contribution in [-0.2, 0) is 10.0 Å². The summed E-state index contributed by atoms with van der Waals surface area (Å²) in [5, 5.41) is 3.26. The minimum Gasteiger partial charge on any atom is -0.337 e. The molecular formula is C17H26ClN3O3S. The van der Waals surface area contributed by atoms with E-state index in [2.05, 4.69) is 10.0 Å². The van der Waals surface area contributed by atoms with Gasteiger partial charge in [-0.05, 0) is 44.0 Å². The maximum absolute atomic E-state index is 12.7. The lowest BCUT2D eigenvalue weighted by atomic mass is 10.2. The molecule has 0 radical (unpaired) electrons. The maximum atomic E-state index is 12.7. The Morgan fingerprint density at radius 2 is 1.88 bits per heavy atom. The lowest BCUT2D eigenvalue weighted by Gasteiger charge is -2.20. The Balaban J connectivity index is 0.00000225. The second-order valence-electron chi connectivity index (χ2n) is 6.53.